The standard InChI is InChI=1S/C18H23N3O2/c1-12-5-6-14-15(8-18(2,3)23-16(14)7-12)19-9-13-10-20-17(22-4)21-11-13/h5-7,10-11,15,19H,8-9H2,1-4H3. The molecule has 1 atom stereocenters. The lowest BCUT2D eigenvalue weighted by molar-refractivity contribution is 0.0656. The molecule has 0 saturated carbocycles. The normalized spacial score (nSPS) is 18.9. The topological polar surface area (TPSA) is 56.3 Å². The van der Waals surface area contributed by atoms with Crippen LogP contribution >= 0.6 is 0 Å². The number of hydrogen-bond donors (Lipinski definition) is 1. The fraction of sp³-hybridized carbons (Fsp3) is 0.444. The van der Waals surface area contributed by atoms with E-state index < -0.39 is 0 Å². The first-order valence-electron chi connectivity index (χ1n) is 7.85. The van der Waals surface area contributed by atoms with Crippen LogP contribution in [-0.2, 0) is 6.54 Å². The number of benzene rings is 1. The van der Waals surface area contributed by atoms with Gasteiger partial charge in [0.25, 0.3) is 0 Å². The zero-order valence-corrected chi connectivity index (χ0v) is 14.1. The van der Waals surface area contributed by atoms with Gasteiger partial charge in [0.1, 0.15) is 11.4 Å². The third-order valence-corrected chi connectivity index (χ3v) is 4.04. The van der Waals surface area contributed by atoms with Gasteiger partial charge in [-0.05, 0) is 32.4 Å². The maximum Gasteiger partial charge on any atom is 0.316 e. The average Bonchev–Trinajstić information content (AvgIpc) is 2.51. The number of aromatic nitrogens is 2. The van der Waals surface area contributed by atoms with Crippen LogP contribution < -0.4 is 14.8 Å². The van der Waals surface area contributed by atoms with Crippen LogP contribution in [0.15, 0.2) is 30.6 Å². The molecule has 122 valence electrons. The summed E-state index contributed by atoms with van der Waals surface area (Å²) in [6, 6.07) is 7.04. The molecule has 5 heteroatoms. The first-order valence-corrected chi connectivity index (χ1v) is 7.85. The minimum absolute atomic E-state index is 0.186. The van der Waals surface area contributed by atoms with Crippen molar-refractivity contribution >= 4 is 0 Å². The van der Waals surface area contributed by atoms with Gasteiger partial charge in [0.2, 0.25) is 0 Å². The third kappa shape index (κ3) is 3.62. The molecule has 0 aliphatic carbocycles. The number of hydrogen-bond acceptors (Lipinski definition) is 5. The molecule has 1 unspecified atom stereocenters. The molecule has 3 rings (SSSR count). The SMILES string of the molecule is COc1ncc(CNC2CC(C)(C)Oc3cc(C)ccc32)cn1. The maximum atomic E-state index is 6.13. The highest BCUT2D eigenvalue weighted by atomic mass is 16.5. The third-order valence-electron chi connectivity index (χ3n) is 4.04. The number of methoxy groups -OCH3 is 1. The first-order chi connectivity index (χ1) is 11.0. The Kier molecular flexibility index (Phi) is 4.22. The molecule has 0 saturated heterocycles. The monoisotopic (exact) mass is 313 g/mol. The summed E-state index contributed by atoms with van der Waals surface area (Å²) in [4.78, 5) is 8.29. The van der Waals surface area contributed by atoms with Crippen molar-refractivity contribution in [3.05, 3.63) is 47.3 Å². The van der Waals surface area contributed by atoms with Gasteiger partial charge in [0, 0.05) is 42.5 Å². The minimum Gasteiger partial charge on any atom is -0.487 e. The molecule has 0 bridgehead atoms. The summed E-state index contributed by atoms with van der Waals surface area (Å²) in [7, 11) is 1.57. The Labute approximate surface area is 137 Å². The number of rotatable bonds is 4. The van der Waals surface area contributed by atoms with Crippen LogP contribution in [0, 0.1) is 6.92 Å². The molecule has 0 amide bonds. The van der Waals surface area contributed by atoms with Crippen LogP contribution in [0.5, 0.6) is 11.8 Å². The summed E-state index contributed by atoms with van der Waals surface area (Å²) in [5.41, 5.74) is 3.27. The molecule has 0 fully saturated rings. The molecule has 1 aromatic carbocycles. The highest BCUT2D eigenvalue weighted by Gasteiger charge is 2.33. The lowest BCUT2D eigenvalue weighted by Crippen LogP contribution is -2.39. The Morgan fingerprint density at radius 3 is 2.74 bits per heavy atom. The second-order valence-corrected chi connectivity index (χ2v) is 6.62. The van der Waals surface area contributed by atoms with Crippen molar-refractivity contribution in [3.63, 3.8) is 0 Å². The molecule has 1 aromatic heterocycles. The van der Waals surface area contributed by atoms with Gasteiger partial charge in [-0.2, -0.15) is 0 Å². The number of ether oxygens (including phenoxy) is 2. The highest BCUT2D eigenvalue weighted by molar-refractivity contribution is 5.41. The van der Waals surface area contributed by atoms with Crippen molar-refractivity contribution in [2.75, 3.05) is 7.11 Å². The van der Waals surface area contributed by atoms with E-state index in [-0.39, 0.29) is 11.6 Å². The smallest absolute Gasteiger partial charge is 0.316 e. The Morgan fingerprint density at radius 1 is 1.30 bits per heavy atom. The predicted molar refractivity (Wildman–Crippen MR) is 88.7 cm³/mol. The van der Waals surface area contributed by atoms with Crippen molar-refractivity contribution < 1.29 is 9.47 Å². The largest absolute Gasteiger partial charge is 0.487 e. The van der Waals surface area contributed by atoms with E-state index in [9.17, 15) is 0 Å². The Bertz CT molecular complexity index is 683. The summed E-state index contributed by atoms with van der Waals surface area (Å²) in [6.07, 6.45) is 4.50. The van der Waals surface area contributed by atoms with Gasteiger partial charge in [-0.3, -0.25) is 0 Å². The predicted octanol–water partition coefficient (Wildman–Crippen LogP) is 3.19. The molecule has 5 nitrogen and oxygen atoms in total. The molecule has 2 aromatic rings. The molecule has 0 radical (unpaired) electrons. The van der Waals surface area contributed by atoms with E-state index in [1.165, 1.54) is 11.1 Å². The highest BCUT2D eigenvalue weighted by Crippen LogP contribution is 2.39. The van der Waals surface area contributed by atoms with Gasteiger partial charge in [0.05, 0.1) is 7.11 Å². The van der Waals surface area contributed by atoms with Gasteiger partial charge in [0.15, 0.2) is 0 Å². The van der Waals surface area contributed by atoms with Gasteiger partial charge in [-0.1, -0.05) is 12.1 Å². The first kappa shape index (κ1) is 15.7. The molecule has 23 heavy (non-hydrogen) atoms. The second-order valence-electron chi connectivity index (χ2n) is 6.62. The summed E-state index contributed by atoms with van der Waals surface area (Å²) < 4.78 is 11.1. The summed E-state index contributed by atoms with van der Waals surface area (Å²) in [6.45, 7) is 7.05. The molecule has 1 aliphatic rings. The van der Waals surface area contributed by atoms with E-state index in [4.69, 9.17) is 9.47 Å². The second kappa shape index (κ2) is 6.16. The molecule has 0 spiro atoms. The molecular weight excluding hydrogens is 290 g/mol. The lowest BCUT2D eigenvalue weighted by atomic mass is 9.89. The minimum atomic E-state index is -0.186. The van der Waals surface area contributed by atoms with Crippen LogP contribution in [0.1, 0.15) is 43.0 Å². The van der Waals surface area contributed by atoms with Crippen LogP contribution in [0.25, 0.3) is 0 Å². The van der Waals surface area contributed by atoms with E-state index in [1.807, 2.05) is 0 Å². The van der Waals surface area contributed by atoms with Crippen LogP contribution in [0.3, 0.4) is 0 Å². The zero-order chi connectivity index (χ0) is 16.4. The zero-order valence-electron chi connectivity index (χ0n) is 14.1. The van der Waals surface area contributed by atoms with E-state index in [1.54, 1.807) is 19.5 Å². The van der Waals surface area contributed by atoms with Crippen LogP contribution in [0.2, 0.25) is 0 Å². The van der Waals surface area contributed by atoms with Gasteiger partial charge in [-0.25, -0.2) is 9.97 Å². The van der Waals surface area contributed by atoms with Gasteiger partial charge < -0.3 is 14.8 Å². The fourth-order valence-corrected chi connectivity index (χ4v) is 2.92. The Balaban J connectivity index is 1.76. The number of fused-ring (bicyclic) bond motifs is 1. The van der Waals surface area contributed by atoms with Crippen molar-refractivity contribution in [2.24, 2.45) is 0 Å². The van der Waals surface area contributed by atoms with Crippen molar-refractivity contribution in [2.45, 2.75) is 45.4 Å². The fourth-order valence-electron chi connectivity index (χ4n) is 2.92. The van der Waals surface area contributed by atoms with Crippen LogP contribution in [-0.4, -0.2) is 22.7 Å². The van der Waals surface area contributed by atoms with Gasteiger partial charge in [-0.15, -0.1) is 0 Å². The van der Waals surface area contributed by atoms with E-state index >= 15 is 0 Å². The van der Waals surface area contributed by atoms with Crippen LogP contribution in [0.4, 0.5) is 0 Å². The van der Waals surface area contributed by atoms with E-state index in [0.717, 1.165) is 17.7 Å². The molecule has 1 aliphatic heterocycles. The van der Waals surface area contributed by atoms with Crippen molar-refractivity contribution in [1.29, 1.82) is 0 Å². The average molecular weight is 313 g/mol. The quantitative estimate of drug-likeness (QED) is 0.939. The van der Waals surface area contributed by atoms with E-state index in [2.05, 4.69) is 54.3 Å². The molecular formula is C18H23N3O2. The summed E-state index contributed by atoms with van der Waals surface area (Å²) >= 11 is 0. The summed E-state index contributed by atoms with van der Waals surface area (Å²) in [5.74, 6) is 0.977. The molecule has 1 N–H and O–H groups in total. The number of nitrogens with one attached hydrogen (secondary N) is 1. The number of nitrogens with zero attached hydrogens (tertiary/aromatic N) is 2. The Hall–Kier alpha value is -2.14. The Morgan fingerprint density at radius 2 is 2.04 bits per heavy atom. The van der Waals surface area contributed by atoms with Crippen molar-refractivity contribution in [1.82, 2.24) is 15.3 Å². The lowest BCUT2D eigenvalue weighted by Gasteiger charge is -2.38. The van der Waals surface area contributed by atoms with Gasteiger partial charge >= 0.3 is 6.01 Å². The number of aryl methyl sites for hydroxylation is 1. The van der Waals surface area contributed by atoms with Crippen molar-refractivity contribution in [3.8, 4) is 11.8 Å². The molecule has 2 heterocycles. The summed E-state index contributed by atoms with van der Waals surface area (Å²) in [5, 5.41) is 3.61. The maximum absolute atomic E-state index is 6.13. The van der Waals surface area contributed by atoms with E-state index in [0.29, 0.717) is 12.6 Å².